The van der Waals surface area contributed by atoms with Crippen LogP contribution in [-0.2, 0) is 14.8 Å². The molecule has 2 aliphatic rings. The summed E-state index contributed by atoms with van der Waals surface area (Å²) in [6, 6.07) is 12.0. The van der Waals surface area contributed by atoms with Crippen molar-refractivity contribution in [3.8, 4) is 0 Å². The summed E-state index contributed by atoms with van der Waals surface area (Å²) in [6.45, 7) is 0.617. The van der Waals surface area contributed by atoms with Crippen LogP contribution in [0, 0.1) is 5.82 Å². The largest absolute Gasteiger partial charge is 0.296 e. The molecular formula is C19H18ClFN2O3S2. The van der Waals surface area contributed by atoms with Gasteiger partial charge < -0.3 is 0 Å². The van der Waals surface area contributed by atoms with Gasteiger partial charge in [-0.1, -0.05) is 11.6 Å². The molecule has 0 saturated carbocycles. The second-order valence-electron chi connectivity index (χ2n) is 6.80. The number of amides is 1. The monoisotopic (exact) mass is 440 g/mol. The molecule has 2 aromatic rings. The Bertz CT molecular complexity index is 989. The molecule has 148 valence electrons. The van der Waals surface area contributed by atoms with Gasteiger partial charge in [0.1, 0.15) is 5.82 Å². The van der Waals surface area contributed by atoms with Crippen molar-refractivity contribution < 1.29 is 17.6 Å². The number of rotatable bonds is 3. The Balaban J connectivity index is 1.56. The van der Waals surface area contributed by atoms with E-state index < -0.39 is 14.9 Å². The molecule has 0 bridgehead atoms. The van der Waals surface area contributed by atoms with Crippen LogP contribution in [0.3, 0.4) is 0 Å². The highest BCUT2D eigenvalue weighted by atomic mass is 35.5. The molecule has 2 fully saturated rings. The van der Waals surface area contributed by atoms with E-state index in [0.29, 0.717) is 42.4 Å². The molecule has 2 heterocycles. The summed E-state index contributed by atoms with van der Waals surface area (Å²) in [5.74, 6) is -0.0620. The minimum atomic E-state index is -3.61. The fourth-order valence-electron chi connectivity index (χ4n) is 3.72. The van der Waals surface area contributed by atoms with Gasteiger partial charge in [-0.25, -0.2) is 12.8 Å². The van der Waals surface area contributed by atoms with Crippen molar-refractivity contribution in [1.29, 1.82) is 0 Å². The van der Waals surface area contributed by atoms with Crippen LogP contribution in [0.5, 0.6) is 0 Å². The molecule has 0 unspecified atom stereocenters. The minimum absolute atomic E-state index is 0.0365. The number of nitrogens with zero attached hydrogens (tertiary/aromatic N) is 2. The fourth-order valence-corrected chi connectivity index (χ4v) is 6.62. The first-order valence-corrected chi connectivity index (χ1v) is 11.6. The molecule has 28 heavy (non-hydrogen) atoms. The lowest BCUT2D eigenvalue weighted by atomic mass is 10.0. The van der Waals surface area contributed by atoms with Crippen molar-refractivity contribution >= 4 is 45.0 Å². The van der Waals surface area contributed by atoms with Crippen LogP contribution in [0.25, 0.3) is 0 Å². The molecule has 0 aromatic heterocycles. The van der Waals surface area contributed by atoms with Crippen LogP contribution in [0.1, 0.15) is 12.8 Å². The van der Waals surface area contributed by atoms with Gasteiger partial charge in [0, 0.05) is 23.8 Å². The summed E-state index contributed by atoms with van der Waals surface area (Å²) in [5, 5.41) is 0.479. The molecule has 0 aliphatic carbocycles. The third-order valence-electron chi connectivity index (χ3n) is 5.16. The molecule has 1 spiro atoms. The third-order valence-corrected chi connectivity index (χ3v) is 8.85. The number of carbonyl (C=O) groups excluding carboxylic acids is 1. The van der Waals surface area contributed by atoms with Gasteiger partial charge in [-0.3, -0.25) is 9.69 Å². The summed E-state index contributed by atoms with van der Waals surface area (Å²) in [7, 11) is -3.61. The van der Waals surface area contributed by atoms with Crippen LogP contribution in [0.15, 0.2) is 53.4 Å². The van der Waals surface area contributed by atoms with Crippen molar-refractivity contribution in [3.63, 3.8) is 0 Å². The van der Waals surface area contributed by atoms with Crippen LogP contribution in [-0.4, -0.2) is 42.3 Å². The molecular weight excluding hydrogens is 423 g/mol. The van der Waals surface area contributed by atoms with Crippen molar-refractivity contribution in [1.82, 2.24) is 4.31 Å². The molecule has 0 radical (unpaired) electrons. The number of sulfonamides is 1. The maximum atomic E-state index is 13.3. The third kappa shape index (κ3) is 3.43. The van der Waals surface area contributed by atoms with Gasteiger partial charge in [-0.2, -0.15) is 4.31 Å². The Morgan fingerprint density at radius 3 is 2.21 bits per heavy atom. The van der Waals surface area contributed by atoms with Gasteiger partial charge in [0.25, 0.3) is 0 Å². The van der Waals surface area contributed by atoms with E-state index in [4.69, 9.17) is 11.6 Å². The van der Waals surface area contributed by atoms with Crippen LogP contribution in [0.2, 0.25) is 5.02 Å². The van der Waals surface area contributed by atoms with Gasteiger partial charge in [-0.15, -0.1) is 11.8 Å². The number of piperidine rings is 1. The SMILES string of the molecule is O=C1CSC2(CCN(S(=O)(=O)c3ccc(Cl)cc3)CC2)N1c1ccc(F)cc1. The van der Waals surface area contributed by atoms with E-state index >= 15 is 0 Å². The predicted molar refractivity (Wildman–Crippen MR) is 109 cm³/mol. The average molecular weight is 441 g/mol. The van der Waals surface area contributed by atoms with Crippen molar-refractivity contribution in [2.45, 2.75) is 22.6 Å². The molecule has 4 rings (SSSR count). The Morgan fingerprint density at radius 1 is 1.00 bits per heavy atom. The van der Waals surface area contributed by atoms with E-state index in [1.165, 1.54) is 40.3 Å². The zero-order valence-corrected chi connectivity index (χ0v) is 17.2. The number of anilines is 1. The molecule has 1 amide bonds. The minimum Gasteiger partial charge on any atom is -0.296 e. The lowest BCUT2D eigenvalue weighted by Crippen LogP contribution is -2.53. The van der Waals surface area contributed by atoms with Gasteiger partial charge in [0.15, 0.2) is 0 Å². The zero-order valence-electron chi connectivity index (χ0n) is 14.8. The lowest BCUT2D eigenvalue weighted by Gasteiger charge is -2.43. The number of hydrogen-bond donors (Lipinski definition) is 0. The molecule has 2 aliphatic heterocycles. The van der Waals surface area contributed by atoms with E-state index in [1.54, 1.807) is 29.2 Å². The summed E-state index contributed by atoms with van der Waals surface area (Å²) < 4.78 is 40.6. The quantitative estimate of drug-likeness (QED) is 0.729. The highest BCUT2D eigenvalue weighted by Crippen LogP contribution is 2.47. The van der Waals surface area contributed by atoms with E-state index in [-0.39, 0.29) is 16.6 Å². The average Bonchev–Trinajstić information content (AvgIpc) is 2.99. The highest BCUT2D eigenvalue weighted by Gasteiger charge is 2.49. The van der Waals surface area contributed by atoms with Gasteiger partial charge in [-0.05, 0) is 61.4 Å². The van der Waals surface area contributed by atoms with Crippen molar-refractivity contribution in [3.05, 3.63) is 59.4 Å². The van der Waals surface area contributed by atoms with Gasteiger partial charge in [0.2, 0.25) is 15.9 Å². The first-order chi connectivity index (χ1) is 13.3. The normalized spacial score (nSPS) is 20.1. The van der Waals surface area contributed by atoms with E-state index in [1.807, 2.05) is 0 Å². The number of halogens is 2. The Labute approximate surface area is 172 Å². The molecule has 9 heteroatoms. The summed E-state index contributed by atoms with van der Waals surface area (Å²) in [6.07, 6.45) is 1.02. The second-order valence-corrected chi connectivity index (χ2v) is 10.5. The molecule has 0 atom stereocenters. The Morgan fingerprint density at radius 2 is 1.61 bits per heavy atom. The topological polar surface area (TPSA) is 57.7 Å². The molecule has 0 N–H and O–H groups in total. The molecule has 2 saturated heterocycles. The molecule has 5 nitrogen and oxygen atoms in total. The number of benzene rings is 2. The van der Waals surface area contributed by atoms with Crippen molar-refractivity contribution in [2.24, 2.45) is 0 Å². The Kier molecular flexibility index (Phi) is 5.16. The van der Waals surface area contributed by atoms with Crippen LogP contribution >= 0.6 is 23.4 Å². The number of hydrogen-bond acceptors (Lipinski definition) is 4. The summed E-state index contributed by atoms with van der Waals surface area (Å²) in [4.78, 5) is 14.0. The standard InChI is InChI=1S/C19H18ClFN2O3S2/c20-14-1-7-17(8-2-14)28(25,26)22-11-9-19(10-12-22)23(18(24)13-27-19)16-5-3-15(21)4-6-16/h1-8H,9-13H2. The first-order valence-electron chi connectivity index (χ1n) is 8.80. The Hall–Kier alpha value is -1.61. The van der Waals surface area contributed by atoms with Gasteiger partial charge >= 0.3 is 0 Å². The lowest BCUT2D eigenvalue weighted by molar-refractivity contribution is -0.116. The van der Waals surface area contributed by atoms with Gasteiger partial charge in [0.05, 0.1) is 15.5 Å². The summed E-state index contributed by atoms with van der Waals surface area (Å²) >= 11 is 7.39. The fraction of sp³-hybridized carbons (Fsp3) is 0.316. The first kappa shape index (κ1) is 19.7. The smallest absolute Gasteiger partial charge is 0.243 e. The van der Waals surface area contributed by atoms with Crippen LogP contribution in [0.4, 0.5) is 10.1 Å². The van der Waals surface area contributed by atoms with E-state index in [0.717, 1.165) is 0 Å². The zero-order chi connectivity index (χ0) is 19.9. The number of thioether (sulfide) groups is 1. The maximum absolute atomic E-state index is 13.3. The van der Waals surface area contributed by atoms with Crippen LogP contribution < -0.4 is 4.90 Å². The maximum Gasteiger partial charge on any atom is 0.243 e. The van der Waals surface area contributed by atoms with Crippen molar-refractivity contribution in [2.75, 3.05) is 23.7 Å². The van der Waals surface area contributed by atoms with E-state index in [2.05, 4.69) is 0 Å². The number of carbonyl (C=O) groups is 1. The summed E-state index contributed by atoms with van der Waals surface area (Å²) in [5.41, 5.74) is 0.644. The predicted octanol–water partition coefficient (Wildman–Crippen LogP) is 3.74. The second kappa shape index (κ2) is 7.33. The van der Waals surface area contributed by atoms with E-state index in [9.17, 15) is 17.6 Å². The molecule has 2 aromatic carbocycles. The highest BCUT2D eigenvalue weighted by molar-refractivity contribution is 8.02.